The zero-order valence-electron chi connectivity index (χ0n) is 24.0. The third kappa shape index (κ3) is 4.77. The Kier molecular flexibility index (Phi) is 7.84. The van der Waals surface area contributed by atoms with Crippen LogP contribution in [-0.4, -0.2) is 57.2 Å². The molecular weight excluding hydrogens is 534 g/mol. The summed E-state index contributed by atoms with van der Waals surface area (Å²) in [6, 6.07) is 15.9. The minimum atomic E-state index is -0.775. The Morgan fingerprint density at radius 3 is 2.50 bits per heavy atom. The number of hydrogen-bond acceptors (Lipinski definition) is 8. The van der Waals surface area contributed by atoms with Crippen molar-refractivity contribution in [3.63, 3.8) is 0 Å². The first kappa shape index (κ1) is 27.8. The zero-order chi connectivity index (χ0) is 29.2. The lowest BCUT2D eigenvalue weighted by Crippen LogP contribution is -2.42. The van der Waals surface area contributed by atoms with E-state index in [2.05, 4.69) is 13.0 Å². The van der Waals surface area contributed by atoms with E-state index in [1.807, 2.05) is 52.3 Å². The van der Waals surface area contributed by atoms with Crippen LogP contribution >= 0.6 is 0 Å². The number of imide groups is 1. The van der Waals surface area contributed by atoms with Gasteiger partial charge in [-0.2, -0.15) is 0 Å². The molecule has 42 heavy (non-hydrogen) atoms. The standard InChI is InChI=1S/C33H35N3O6/c1-3-4-5-9-16-25-30-28(29(33(39)40-2)32(42-30)34-17-19-41-20-18-34)23-14-10-11-15-24(23)36(25)26-21-27(37)35(31(26)38)22-12-7-6-8-13-22/h6-8,10-16,26H,3-5,9,17-21H2,1-2H3/b25-16+. The molecule has 218 valence electrons. The summed E-state index contributed by atoms with van der Waals surface area (Å²) in [5, 5.41) is 0. The molecule has 0 spiro atoms. The predicted octanol–water partition coefficient (Wildman–Crippen LogP) is 5.64. The van der Waals surface area contributed by atoms with E-state index >= 15 is 0 Å². The molecule has 0 saturated carbocycles. The first-order valence-electron chi connectivity index (χ1n) is 14.6. The first-order valence-corrected chi connectivity index (χ1v) is 14.6. The molecular formula is C33H35N3O6. The van der Waals surface area contributed by atoms with Crippen LogP contribution in [0.4, 0.5) is 17.3 Å². The second-order valence-corrected chi connectivity index (χ2v) is 10.7. The zero-order valence-corrected chi connectivity index (χ0v) is 24.0. The number of carbonyl (C=O) groups is 3. The summed E-state index contributed by atoms with van der Waals surface area (Å²) in [7, 11) is 1.37. The number of furan rings is 1. The molecule has 9 nitrogen and oxygen atoms in total. The third-order valence-corrected chi connectivity index (χ3v) is 8.10. The van der Waals surface area contributed by atoms with E-state index in [0.717, 1.165) is 36.9 Å². The number of esters is 1. The summed E-state index contributed by atoms with van der Waals surface area (Å²) >= 11 is 0. The van der Waals surface area contributed by atoms with E-state index in [1.54, 1.807) is 12.1 Å². The van der Waals surface area contributed by atoms with Gasteiger partial charge in [0, 0.05) is 24.2 Å². The molecule has 3 aromatic rings. The summed E-state index contributed by atoms with van der Waals surface area (Å²) in [5.74, 6) is -0.0977. The Morgan fingerprint density at radius 2 is 1.76 bits per heavy atom. The number of para-hydroxylation sites is 2. The van der Waals surface area contributed by atoms with Crippen LogP contribution in [0.1, 0.15) is 55.1 Å². The van der Waals surface area contributed by atoms with Crippen LogP contribution in [-0.2, 0) is 19.1 Å². The molecule has 0 N–H and O–H groups in total. The lowest BCUT2D eigenvalue weighted by molar-refractivity contribution is -0.121. The lowest BCUT2D eigenvalue weighted by atomic mass is 9.91. The smallest absolute Gasteiger partial charge is 0.344 e. The van der Waals surface area contributed by atoms with Gasteiger partial charge in [-0.3, -0.25) is 9.59 Å². The number of ether oxygens (including phenoxy) is 2. The highest BCUT2D eigenvalue weighted by atomic mass is 16.5. The maximum Gasteiger partial charge on any atom is 0.344 e. The summed E-state index contributed by atoms with van der Waals surface area (Å²) in [6.45, 7) is 4.32. The quantitative estimate of drug-likeness (QED) is 0.195. The van der Waals surface area contributed by atoms with Gasteiger partial charge in [-0.1, -0.05) is 62.2 Å². The molecule has 4 heterocycles. The molecule has 1 aromatic heterocycles. The maximum absolute atomic E-state index is 14.0. The van der Waals surface area contributed by atoms with Crippen LogP contribution in [0, 0.1) is 0 Å². The van der Waals surface area contributed by atoms with Crippen molar-refractivity contribution in [1.29, 1.82) is 0 Å². The summed E-state index contributed by atoms with van der Waals surface area (Å²) in [6.07, 6.45) is 5.93. The van der Waals surface area contributed by atoms with E-state index in [4.69, 9.17) is 13.9 Å². The fourth-order valence-electron chi connectivity index (χ4n) is 6.10. The van der Waals surface area contributed by atoms with Gasteiger partial charge in [0.2, 0.25) is 11.8 Å². The second kappa shape index (κ2) is 11.9. The number of amides is 2. The van der Waals surface area contributed by atoms with Crippen LogP contribution in [0.15, 0.2) is 65.1 Å². The number of nitrogens with zero attached hydrogens (tertiary/aromatic N) is 3. The van der Waals surface area contributed by atoms with E-state index in [9.17, 15) is 14.4 Å². The minimum absolute atomic E-state index is 0.0184. The van der Waals surface area contributed by atoms with Gasteiger partial charge >= 0.3 is 5.97 Å². The Hall–Kier alpha value is -4.37. The number of anilines is 3. The largest absolute Gasteiger partial charge is 0.465 e. The van der Waals surface area contributed by atoms with Crippen LogP contribution in [0.3, 0.4) is 0 Å². The molecule has 0 bridgehead atoms. The molecule has 0 radical (unpaired) electrons. The summed E-state index contributed by atoms with van der Waals surface area (Å²) in [4.78, 5) is 46.0. The van der Waals surface area contributed by atoms with E-state index < -0.39 is 12.0 Å². The average Bonchev–Trinajstić information content (AvgIpc) is 3.57. The van der Waals surface area contributed by atoms with Crippen LogP contribution in [0.25, 0.3) is 16.8 Å². The van der Waals surface area contributed by atoms with Gasteiger partial charge in [0.15, 0.2) is 5.76 Å². The number of fused-ring (bicyclic) bond motifs is 3. The molecule has 9 heteroatoms. The van der Waals surface area contributed by atoms with Crippen molar-refractivity contribution in [2.24, 2.45) is 0 Å². The van der Waals surface area contributed by atoms with Crippen LogP contribution in [0.5, 0.6) is 0 Å². The van der Waals surface area contributed by atoms with E-state index in [1.165, 1.54) is 12.0 Å². The molecule has 2 amide bonds. The van der Waals surface area contributed by atoms with Gasteiger partial charge in [0.05, 0.1) is 43.8 Å². The average molecular weight is 570 g/mol. The molecule has 3 aliphatic heterocycles. The number of allylic oxidation sites excluding steroid dienone is 1. The SMILES string of the molecule is CCCCC/C=C1\c2oc(N3CCOCC3)c(C(=O)OC)c2-c2ccccc2N1C1CC(=O)N(c2ccccc2)C1=O. The Labute approximate surface area is 245 Å². The Balaban J connectivity index is 1.53. The topological polar surface area (TPSA) is 92.5 Å². The van der Waals surface area contributed by atoms with Gasteiger partial charge in [-0.05, 0) is 31.0 Å². The van der Waals surface area contributed by atoms with Gasteiger partial charge in [-0.25, -0.2) is 9.69 Å². The highest BCUT2D eigenvalue weighted by Crippen LogP contribution is 2.52. The Morgan fingerprint density at radius 1 is 1.02 bits per heavy atom. The Bertz CT molecular complexity index is 1520. The molecule has 1 atom stereocenters. The van der Waals surface area contributed by atoms with Crippen molar-refractivity contribution in [3.8, 4) is 11.1 Å². The van der Waals surface area contributed by atoms with Gasteiger partial charge in [-0.15, -0.1) is 0 Å². The van der Waals surface area contributed by atoms with Gasteiger partial charge in [0.25, 0.3) is 5.91 Å². The monoisotopic (exact) mass is 569 g/mol. The number of morpholine rings is 1. The molecule has 1 unspecified atom stereocenters. The molecule has 2 fully saturated rings. The lowest BCUT2D eigenvalue weighted by Gasteiger charge is -2.36. The normalized spacial score (nSPS) is 19.3. The third-order valence-electron chi connectivity index (χ3n) is 8.10. The fourth-order valence-corrected chi connectivity index (χ4v) is 6.10. The highest BCUT2D eigenvalue weighted by molar-refractivity contribution is 6.25. The number of carbonyl (C=O) groups excluding carboxylic acids is 3. The van der Waals surface area contributed by atoms with Gasteiger partial charge in [0.1, 0.15) is 11.6 Å². The van der Waals surface area contributed by atoms with Crippen molar-refractivity contribution in [3.05, 3.63) is 72.0 Å². The van der Waals surface area contributed by atoms with Crippen molar-refractivity contribution in [2.75, 3.05) is 48.1 Å². The van der Waals surface area contributed by atoms with Gasteiger partial charge < -0.3 is 23.7 Å². The minimum Gasteiger partial charge on any atom is -0.465 e. The number of unbranched alkanes of at least 4 members (excludes halogenated alkanes) is 3. The maximum atomic E-state index is 14.0. The van der Waals surface area contributed by atoms with Crippen LogP contribution < -0.4 is 14.7 Å². The van der Waals surface area contributed by atoms with E-state index in [-0.39, 0.29) is 18.2 Å². The van der Waals surface area contributed by atoms with Crippen molar-refractivity contribution in [2.45, 2.75) is 45.1 Å². The number of methoxy groups -OCH3 is 1. The second-order valence-electron chi connectivity index (χ2n) is 10.7. The molecule has 6 rings (SSSR count). The number of rotatable bonds is 8. The predicted molar refractivity (Wildman–Crippen MR) is 160 cm³/mol. The first-order chi connectivity index (χ1) is 20.5. The van der Waals surface area contributed by atoms with Crippen LogP contribution in [0.2, 0.25) is 0 Å². The highest BCUT2D eigenvalue weighted by Gasteiger charge is 2.48. The number of benzene rings is 2. The summed E-state index contributed by atoms with van der Waals surface area (Å²) < 4.78 is 17.5. The van der Waals surface area contributed by atoms with Crippen molar-refractivity contribution >= 4 is 40.7 Å². The number of hydrogen-bond donors (Lipinski definition) is 0. The van der Waals surface area contributed by atoms with E-state index in [0.29, 0.717) is 60.5 Å². The molecule has 3 aliphatic rings. The van der Waals surface area contributed by atoms with Crippen molar-refractivity contribution < 1.29 is 28.3 Å². The molecule has 2 saturated heterocycles. The molecule has 0 aliphatic carbocycles. The fraction of sp³-hybridized carbons (Fsp3) is 0.364. The van der Waals surface area contributed by atoms with Crippen molar-refractivity contribution in [1.82, 2.24) is 0 Å². The summed E-state index contributed by atoms with van der Waals surface area (Å²) in [5.41, 5.74) is 3.74. The molecule has 2 aromatic carbocycles.